The van der Waals surface area contributed by atoms with Crippen LogP contribution in [0.15, 0.2) is 34.4 Å². The first kappa shape index (κ1) is 14.7. The number of aliphatic hydroxyl groups is 1. The maximum absolute atomic E-state index is 13.0. The van der Waals surface area contributed by atoms with Gasteiger partial charge in [0.05, 0.1) is 5.39 Å². The van der Waals surface area contributed by atoms with Gasteiger partial charge in [-0.3, -0.25) is 9.78 Å². The van der Waals surface area contributed by atoms with E-state index in [1.165, 1.54) is 23.5 Å². The van der Waals surface area contributed by atoms with Gasteiger partial charge < -0.3 is 10.4 Å². The Morgan fingerprint density at radius 1 is 1.32 bits per heavy atom. The number of benzene rings is 1. The van der Waals surface area contributed by atoms with E-state index in [1.807, 2.05) is 5.38 Å². The van der Waals surface area contributed by atoms with Gasteiger partial charge in [0.15, 0.2) is 0 Å². The fraction of sp³-hybridized carbons (Fsp3) is 0.200. The minimum atomic E-state index is -0.314. The van der Waals surface area contributed by atoms with Crippen molar-refractivity contribution in [3.63, 3.8) is 0 Å². The predicted molar refractivity (Wildman–Crippen MR) is 85.8 cm³/mol. The fourth-order valence-electron chi connectivity index (χ4n) is 2.16. The molecule has 0 atom stereocenters. The number of rotatable bonds is 5. The molecule has 3 N–H and O–H groups in total. The summed E-state index contributed by atoms with van der Waals surface area (Å²) in [6.45, 7) is 0.605. The molecule has 2 aromatic heterocycles. The molecule has 0 fully saturated rings. The molecule has 0 amide bonds. The Kier molecular flexibility index (Phi) is 4.17. The largest absolute Gasteiger partial charge is 0.396 e. The van der Waals surface area contributed by atoms with Crippen LogP contribution >= 0.6 is 11.3 Å². The molecule has 0 saturated heterocycles. The third-order valence-electron chi connectivity index (χ3n) is 3.23. The van der Waals surface area contributed by atoms with Crippen molar-refractivity contribution in [2.45, 2.75) is 6.42 Å². The molecule has 0 aliphatic heterocycles. The van der Waals surface area contributed by atoms with Crippen molar-refractivity contribution in [2.75, 3.05) is 18.5 Å². The lowest BCUT2D eigenvalue weighted by Gasteiger charge is -2.04. The topological polar surface area (TPSA) is 78.0 Å². The van der Waals surface area contributed by atoms with E-state index in [-0.39, 0.29) is 18.0 Å². The van der Waals surface area contributed by atoms with E-state index < -0.39 is 0 Å². The van der Waals surface area contributed by atoms with Crippen LogP contribution in [0.4, 0.5) is 10.3 Å². The number of nitrogens with one attached hydrogen (secondary N) is 2. The van der Waals surface area contributed by atoms with Gasteiger partial charge >= 0.3 is 0 Å². The number of anilines is 1. The van der Waals surface area contributed by atoms with E-state index in [2.05, 4.69) is 15.3 Å². The van der Waals surface area contributed by atoms with Gasteiger partial charge in [-0.05, 0) is 24.1 Å². The van der Waals surface area contributed by atoms with Crippen molar-refractivity contribution in [2.24, 2.45) is 0 Å². The molecule has 2 heterocycles. The number of halogens is 1. The van der Waals surface area contributed by atoms with Crippen LogP contribution in [0, 0.1) is 5.82 Å². The first-order chi connectivity index (χ1) is 10.7. The third-order valence-corrected chi connectivity index (χ3v) is 4.10. The highest BCUT2D eigenvalue weighted by molar-refractivity contribution is 7.17. The second-order valence-electron chi connectivity index (χ2n) is 4.75. The van der Waals surface area contributed by atoms with Gasteiger partial charge in [-0.2, -0.15) is 0 Å². The summed E-state index contributed by atoms with van der Waals surface area (Å²) < 4.78 is 13.0. The minimum Gasteiger partial charge on any atom is -0.396 e. The number of hydrogen-bond donors (Lipinski definition) is 3. The average Bonchev–Trinajstić information content (AvgIpc) is 2.93. The smallest absolute Gasteiger partial charge is 0.261 e. The summed E-state index contributed by atoms with van der Waals surface area (Å²) in [5.74, 6) is 0.0733. The Labute approximate surface area is 129 Å². The van der Waals surface area contributed by atoms with Crippen LogP contribution in [0.2, 0.25) is 0 Å². The normalized spacial score (nSPS) is 11.0. The number of aromatic amines is 1. The maximum atomic E-state index is 13.0. The molecule has 0 bridgehead atoms. The molecule has 3 aromatic rings. The monoisotopic (exact) mass is 319 g/mol. The first-order valence-electron chi connectivity index (χ1n) is 6.81. The molecule has 1 aromatic carbocycles. The highest BCUT2D eigenvalue weighted by atomic mass is 32.1. The van der Waals surface area contributed by atoms with Crippen molar-refractivity contribution >= 4 is 27.5 Å². The zero-order valence-corrected chi connectivity index (χ0v) is 12.4. The SMILES string of the molecule is O=c1[nH]c(NCCCO)nc2scc(-c3ccc(F)cc3)c12. The summed E-state index contributed by atoms with van der Waals surface area (Å²) in [5.41, 5.74) is 1.29. The Morgan fingerprint density at radius 3 is 2.82 bits per heavy atom. The van der Waals surface area contributed by atoms with Crippen molar-refractivity contribution in [1.82, 2.24) is 9.97 Å². The average molecular weight is 319 g/mol. The third kappa shape index (κ3) is 2.86. The fourth-order valence-corrected chi connectivity index (χ4v) is 3.11. The molecule has 0 spiro atoms. The molecule has 5 nitrogen and oxygen atoms in total. The second kappa shape index (κ2) is 6.25. The summed E-state index contributed by atoms with van der Waals surface area (Å²) in [6.07, 6.45) is 0.576. The number of thiophene rings is 1. The predicted octanol–water partition coefficient (Wildman–Crippen LogP) is 2.59. The first-order valence-corrected chi connectivity index (χ1v) is 7.69. The highest BCUT2D eigenvalue weighted by Gasteiger charge is 2.12. The molecule has 7 heteroatoms. The van der Waals surface area contributed by atoms with Crippen molar-refractivity contribution in [1.29, 1.82) is 0 Å². The highest BCUT2D eigenvalue weighted by Crippen LogP contribution is 2.31. The number of fused-ring (bicyclic) bond motifs is 1. The van der Waals surface area contributed by atoms with Crippen LogP contribution in [0.5, 0.6) is 0 Å². The molecular formula is C15H14FN3O2S. The van der Waals surface area contributed by atoms with Crippen LogP contribution in [-0.4, -0.2) is 28.2 Å². The second-order valence-corrected chi connectivity index (χ2v) is 5.61. The van der Waals surface area contributed by atoms with E-state index in [9.17, 15) is 9.18 Å². The van der Waals surface area contributed by atoms with E-state index in [0.29, 0.717) is 29.1 Å². The number of H-pyrrole nitrogens is 1. The van der Waals surface area contributed by atoms with Gasteiger partial charge in [-0.15, -0.1) is 11.3 Å². The summed E-state index contributed by atoms with van der Waals surface area (Å²) in [6, 6.07) is 6.02. The molecule has 0 aliphatic carbocycles. The molecular weight excluding hydrogens is 305 g/mol. The van der Waals surface area contributed by atoms with Crippen molar-refractivity contribution in [3.8, 4) is 11.1 Å². The molecule has 0 radical (unpaired) electrons. The van der Waals surface area contributed by atoms with E-state index in [1.54, 1.807) is 12.1 Å². The van der Waals surface area contributed by atoms with Crippen LogP contribution in [0.25, 0.3) is 21.3 Å². The van der Waals surface area contributed by atoms with Gasteiger partial charge in [0.25, 0.3) is 5.56 Å². The number of hydrogen-bond acceptors (Lipinski definition) is 5. The van der Waals surface area contributed by atoms with Crippen LogP contribution in [-0.2, 0) is 0 Å². The minimum absolute atomic E-state index is 0.0766. The lowest BCUT2D eigenvalue weighted by molar-refractivity contribution is 0.292. The maximum Gasteiger partial charge on any atom is 0.261 e. The summed E-state index contributed by atoms with van der Waals surface area (Å²) in [5, 5.41) is 14.1. The Morgan fingerprint density at radius 2 is 2.09 bits per heavy atom. The lowest BCUT2D eigenvalue weighted by atomic mass is 10.1. The lowest BCUT2D eigenvalue weighted by Crippen LogP contribution is -2.14. The standard InChI is InChI=1S/C15H14FN3O2S/c16-10-4-2-9(3-5-10)11-8-22-14-12(11)13(21)18-15(19-14)17-6-1-7-20/h2-5,8,20H,1,6-7H2,(H2,17,18,19,21). The van der Waals surface area contributed by atoms with Crippen LogP contribution in [0.3, 0.4) is 0 Å². The Balaban J connectivity index is 2.01. The van der Waals surface area contributed by atoms with Crippen LogP contribution < -0.4 is 10.9 Å². The molecule has 22 heavy (non-hydrogen) atoms. The van der Waals surface area contributed by atoms with Crippen LogP contribution in [0.1, 0.15) is 6.42 Å². The molecule has 3 rings (SSSR count). The van der Waals surface area contributed by atoms with Gasteiger partial charge in [0, 0.05) is 24.1 Å². The summed E-state index contributed by atoms with van der Waals surface area (Å²) in [7, 11) is 0. The summed E-state index contributed by atoms with van der Waals surface area (Å²) in [4.78, 5) is 20.0. The number of aliphatic hydroxyl groups excluding tert-OH is 1. The Bertz CT molecular complexity index is 842. The van der Waals surface area contributed by atoms with E-state index >= 15 is 0 Å². The van der Waals surface area contributed by atoms with Gasteiger partial charge in [-0.25, -0.2) is 9.37 Å². The molecule has 0 saturated carbocycles. The zero-order valence-electron chi connectivity index (χ0n) is 11.6. The van der Waals surface area contributed by atoms with Gasteiger partial charge in [0.1, 0.15) is 10.6 Å². The quantitative estimate of drug-likeness (QED) is 0.632. The van der Waals surface area contributed by atoms with Gasteiger partial charge in [0.2, 0.25) is 5.95 Å². The van der Waals surface area contributed by atoms with E-state index in [4.69, 9.17) is 5.11 Å². The zero-order chi connectivity index (χ0) is 15.5. The number of nitrogens with zero attached hydrogens (tertiary/aromatic N) is 1. The number of aromatic nitrogens is 2. The molecule has 0 aliphatic rings. The Hall–Kier alpha value is -2.25. The van der Waals surface area contributed by atoms with E-state index in [0.717, 1.165) is 11.1 Å². The molecule has 114 valence electrons. The van der Waals surface area contributed by atoms with Crippen molar-refractivity contribution < 1.29 is 9.50 Å². The van der Waals surface area contributed by atoms with Gasteiger partial charge in [-0.1, -0.05) is 12.1 Å². The molecule has 0 unspecified atom stereocenters. The summed E-state index contributed by atoms with van der Waals surface area (Å²) >= 11 is 1.37. The van der Waals surface area contributed by atoms with Crippen molar-refractivity contribution in [3.05, 3.63) is 45.8 Å².